The third kappa shape index (κ3) is 2.95. The van der Waals surface area contributed by atoms with Gasteiger partial charge in [0.2, 0.25) is 0 Å². The number of hydrogen-bond acceptors (Lipinski definition) is 6. The first-order valence-corrected chi connectivity index (χ1v) is 4.73. The van der Waals surface area contributed by atoms with Crippen LogP contribution >= 0.6 is 0 Å². The molecule has 84 valence electrons. The molecule has 1 rings (SSSR count). The van der Waals surface area contributed by atoms with Crippen LogP contribution in [0.3, 0.4) is 0 Å². The summed E-state index contributed by atoms with van der Waals surface area (Å²) in [6.07, 6.45) is 1.28. The Morgan fingerprint density at radius 2 is 2.47 bits per heavy atom. The van der Waals surface area contributed by atoms with Gasteiger partial charge in [0.25, 0.3) is 6.01 Å². The van der Waals surface area contributed by atoms with Crippen molar-refractivity contribution >= 4 is 12.0 Å². The van der Waals surface area contributed by atoms with Crippen molar-refractivity contribution in [1.29, 1.82) is 0 Å². The van der Waals surface area contributed by atoms with Crippen molar-refractivity contribution in [3.8, 4) is 0 Å². The van der Waals surface area contributed by atoms with Gasteiger partial charge in [-0.05, 0) is 6.92 Å². The van der Waals surface area contributed by atoms with Crippen LogP contribution in [0.25, 0.3) is 0 Å². The van der Waals surface area contributed by atoms with Crippen molar-refractivity contribution in [2.24, 2.45) is 5.73 Å². The van der Waals surface area contributed by atoms with Gasteiger partial charge in [-0.2, -0.15) is 4.98 Å². The SMILES string of the molecule is CCOC(=O)c1coc(N(C)CCN)n1. The number of esters is 1. The lowest BCUT2D eigenvalue weighted by Gasteiger charge is -2.11. The molecule has 0 spiro atoms. The van der Waals surface area contributed by atoms with E-state index in [4.69, 9.17) is 14.9 Å². The van der Waals surface area contributed by atoms with Gasteiger partial charge in [0.15, 0.2) is 5.69 Å². The zero-order chi connectivity index (χ0) is 11.3. The number of ether oxygens (including phenoxy) is 1. The number of hydrogen-bond donors (Lipinski definition) is 1. The molecule has 0 bridgehead atoms. The highest BCUT2D eigenvalue weighted by Crippen LogP contribution is 2.12. The van der Waals surface area contributed by atoms with Gasteiger partial charge in [-0.1, -0.05) is 0 Å². The summed E-state index contributed by atoms with van der Waals surface area (Å²) < 4.78 is 9.88. The van der Waals surface area contributed by atoms with Gasteiger partial charge in [0, 0.05) is 20.1 Å². The summed E-state index contributed by atoms with van der Waals surface area (Å²) >= 11 is 0. The summed E-state index contributed by atoms with van der Waals surface area (Å²) in [5.41, 5.74) is 5.55. The maximum atomic E-state index is 11.3. The molecule has 1 aromatic rings. The van der Waals surface area contributed by atoms with E-state index in [9.17, 15) is 4.79 Å². The predicted molar refractivity (Wildman–Crippen MR) is 54.8 cm³/mol. The third-order valence-corrected chi connectivity index (χ3v) is 1.77. The topological polar surface area (TPSA) is 81.6 Å². The number of anilines is 1. The first kappa shape index (κ1) is 11.5. The molecule has 0 aliphatic heterocycles. The molecule has 1 aromatic heterocycles. The van der Waals surface area contributed by atoms with Gasteiger partial charge in [-0.3, -0.25) is 0 Å². The normalized spacial score (nSPS) is 10.1. The van der Waals surface area contributed by atoms with E-state index in [1.165, 1.54) is 6.26 Å². The average molecular weight is 213 g/mol. The van der Waals surface area contributed by atoms with E-state index in [1.807, 2.05) is 0 Å². The van der Waals surface area contributed by atoms with Crippen LogP contribution in [-0.2, 0) is 4.74 Å². The zero-order valence-corrected chi connectivity index (χ0v) is 8.90. The highest BCUT2D eigenvalue weighted by molar-refractivity contribution is 5.87. The Kier molecular flexibility index (Phi) is 4.11. The molecule has 0 saturated carbocycles. The second kappa shape index (κ2) is 5.35. The van der Waals surface area contributed by atoms with Gasteiger partial charge >= 0.3 is 5.97 Å². The monoisotopic (exact) mass is 213 g/mol. The van der Waals surface area contributed by atoms with Crippen LogP contribution in [0.15, 0.2) is 10.7 Å². The van der Waals surface area contributed by atoms with Crippen molar-refractivity contribution in [2.75, 3.05) is 31.6 Å². The van der Waals surface area contributed by atoms with E-state index >= 15 is 0 Å². The van der Waals surface area contributed by atoms with Gasteiger partial charge in [-0.25, -0.2) is 4.79 Å². The predicted octanol–water partition coefficient (Wildman–Crippen LogP) is 0.246. The van der Waals surface area contributed by atoms with Crippen molar-refractivity contribution in [1.82, 2.24) is 4.98 Å². The minimum Gasteiger partial charge on any atom is -0.461 e. The Hall–Kier alpha value is -1.56. The lowest BCUT2D eigenvalue weighted by molar-refractivity contribution is 0.0519. The maximum absolute atomic E-state index is 11.3. The zero-order valence-electron chi connectivity index (χ0n) is 8.90. The number of carbonyl (C=O) groups excluding carboxylic acids is 1. The first-order valence-electron chi connectivity index (χ1n) is 4.73. The molecular formula is C9H15N3O3. The van der Waals surface area contributed by atoms with Crippen LogP contribution in [0.4, 0.5) is 6.01 Å². The fourth-order valence-electron chi connectivity index (χ4n) is 1.03. The second-order valence-electron chi connectivity index (χ2n) is 2.95. The molecule has 0 aromatic carbocycles. The van der Waals surface area contributed by atoms with E-state index in [-0.39, 0.29) is 5.69 Å². The summed E-state index contributed by atoms with van der Waals surface area (Å²) in [5, 5.41) is 0. The van der Waals surface area contributed by atoms with Gasteiger partial charge in [-0.15, -0.1) is 0 Å². The molecule has 6 nitrogen and oxygen atoms in total. The molecule has 0 saturated heterocycles. The quantitative estimate of drug-likeness (QED) is 0.706. The Morgan fingerprint density at radius 1 is 1.73 bits per heavy atom. The minimum absolute atomic E-state index is 0.177. The average Bonchev–Trinajstić information content (AvgIpc) is 2.67. The van der Waals surface area contributed by atoms with Crippen LogP contribution in [0.1, 0.15) is 17.4 Å². The molecule has 2 N–H and O–H groups in total. The molecule has 6 heteroatoms. The number of carbonyl (C=O) groups is 1. The molecule has 0 radical (unpaired) electrons. The molecule has 1 heterocycles. The van der Waals surface area contributed by atoms with E-state index in [2.05, 4.69) is 4.98 Å². The van der Waals surface area contributed by atoms with Crippen LogP contribution in [0.2, 0.25) is 0 Å². The molecular weight excluding hydrogens is 198 g/mol. The number of aromatic nitrogens is 1. The van der Waals surface area contributed by atoms with Crippen molar-refractivity contribution in [2.45, 2.75) is 6.92 Å². The molecule has 0 amide bonds. The molecule has 0 aliphatic carbocycles. The molecule has 0 atom stereocenters. The summed E-state index contributed by atoms with van der Waals surface area (Å²) in [5.74, 6) is -0.478. The van der Waals surface area contributed by atoms with Crippen molar-refractivity contribution < 1.29 is 13.9 Å². The smallest absolute Gasteiger partial charge is 0.360 e. The Balaban J connectivity index is 2.67. The summed E-state index contributed by atoms with van der Waals surface area (Å²) in [6.45, 7) is 3.16. The lowest BCUT2D eigenvalue weighted by atomic mass is 10.5. The molecule has 0 fully saturated rings. The van der Waals surface area contributed by atoms with E-state index in [0.29, 0.717) is 25.7 Å². The van der Waals surface area contributed by atoms with Crippen molar-refractivity contribution in [3.05, 3.63) is 12.0 Å². The summed E-state index contributed by atoms with van der Waals surface area (Å²) in [7, 11) is 1.79. The van der Waals surface area contributed by atoms with E-state index < -0.39 is 5.97 Å². The Morgan fingerprint density at radius 3 is 3.07 bits per heavy atom. The molecule has 0 unspecified atom stereocenters. The van der Waals surface area contributed by atoms with Gasteiger partial charge in [0.05, 0.1) is 6.61 Å². The second-order valence-corrected chi connectivity index (χ2v) is 2.95. The lowest BCUT2D eigenvalue weighted by Crippen LogP contribution is -2.25. The fourth-order valence-corrected chi connectivity index (χ4v) is 1.03. The number of nitrogens with two attached hydrogens (primary N) is 1. The standard InChI is InChI=1S/C9H15N3O3/c1-3-14-8(13)7-6-15-9(11-7)12(2)5-4-10/h6H,3-5,10H2,1-2H3. The molecule has 0 aliphatic rings. The van der Waals surface area contributed by atoms with Crippen LogP contribution in [0.5, 0.6) is 0 Å². The van der Waals surface area contributed by atoms with Gasteiger partial charge in [0.1, 0.15) is 6.26 Å². The molecule has 15 heavy (non-hydrogen) atoms. The van der Waals surface area contributed by atoms with Crippen LogP contribution in [0, 0.1) is 0 Å². The van der Waals surface area contributed by atoms with E-state index in [0.717, 1.165) is 0 Å². The first-order chi connectivity index (χ1) is 7.19. The van der Waals surface area contributed by atoms with Gasteiger partial charge < -0.3 is 19.8 Å². The van der Waals surface area contributed by atoms with E-state index in [1.54, 1.807) is 18.9 Å². The third-order valence-electron chi connectivity index (χ3n) is 1.77. The number of oxazole rings is 1. The Bertz CT molecular complexity index is 324. The highest BCUT2D eigenvalue weighted by Gasteiger charge is 2.14. The Labute approximate surface area is 88.0 Å². The number of nitrogens with zero attached hydrogens (tertiary/aromatic N) is 2. The van der Waals surface area contributed by atoms with Crippen LogP contribution < -0.4 is 10.6 Å². The fraction of sp³-hybridized carbons (Fsp3) is 0.556. The summed E-state index contributed by atoms with van der Waals surface area (Å²) in [6, 6.07) is 0.364. The van der Waals surface area contributed by atoms with Crippen LogP contribution in [-0.4, -0.2) is 37.7 Å². The minimum atomic E-state index is -0.478. The number of likely N-dealkylation sites (N-methyl/N-ethyl adjacent to an activating group) is 1. The summed E-state index contributed by atoms with van der Waals surface area (Å²) in [4.78, 5) is 17.0. The number of rotatable bonds is 5. The maximum Gasteiger partial charge on any atom is 0.360 e. The highest BCUT2D eigenvalue weighted by atomic mass is 16.5. The van der Waals surface area contributed by atoms with Crippen molar-refractivity contribution in [3.63, 3.8) is 0 Å². The largest absolute Gasteiger partial charge is 0.461 e.